The smallest absolute Gasteiger partial charge is 0.288 e. The van der Waals surface area contributed by atoms with Gasteiger partial charge in [0.05, 0.1) is 4.92 Å². The highest BCUT2D eigenvalue weighted by molar-refractivity contribution is 6.33. The van der Waals surface area contributed by atoms with Crippen LogP contribution in [0.25, 0.3) is 0 Å². The van der Waals surface area contributed by atoms with Crippen LogP contribution in [-0.2, 0) is 6.42 Å². The highest BCUT2D eigenvalue weighted by atomic mass is 35.5. The standard InChI is InChI=1S/C12H10ClNO3/c1-7-2-3-8-5-10(13)11(14(16)17)6-9(8)12(15)4-7/h4-6H,2-3H2,1H3. The highest BCUT2D eigenvalue weighted by Crippen LogP contribution is 2.31. The van der Waals surface area contributed by atoms with Crippen molar-refractivity contribution >= 4 is 23.1 Å². The number of benzene rings is 1. The Labute approximate surface area is 103 Å². The number of nitro benzene ring substituents is 1. The van der Waals surface area contributed by atoms with E-state index in [1.165, 1.54) is 18.2 Å². The second-order valence-corrected chi connectivity index (χ2v) is 4.48. The van der Waals surface area contributed by atoms with Crippen LogP contribution in [0.2, 0.25) is 5.02 Å². The van der Waals surface area contributed by atoms with Gasteiger partial charge in [-0.15, -0.1) is 0 Å². The second kappa shape index (κ2) is 4.30. The Morgan fingerprint density at radius 2 is 2.06 bits per heavy atom. The lowest BCUT2D eigenvalue weighted by atomic mass is 10.0. The van der Waals surface area contributed by atoms with E-state index in [4.69, 9.17) is 11.6 Å². The molecule has 0 saturated heterocycles. The predicted molar refractivity (Wildman–Crippen MR) is 64.5 cm³/mol. The van der Waals surface area contributed by atoms with Crippen molar-refractivity contribution in [3.63, 3.8) is 0 Å². The van der Waals surface area contributed by atoms with Crippen molar-refractivity contribution in [3.05, 3.63) is 50.0 Å². The van der Waals surface area contributed by atoms with Gasteiger partial charge in [-0.05, 0) is 37.5 Å². The van der Waals surface area contributed by atoms with Crippen LogP contribution in [0.15, 0.2) is 23.8 Å². The van der Waals surface area contributed by atoms with E-state index in [2.05, 4.69) is 0 Å². The van der Waals surface area contributed by atoms with Crippen molar-refractivity contribution < 1.29 is 9.72 Å². The summed E-state index contributed by atoms with van der Waals surface area (Å²) in [5, 5.41) is 10.8. The van der Waals surface area contributed by atoms with Crippen LogP contribution in [0.3, 0.4) is 0 Å². The van der Waals surface area contributed by atoms with E-state index in [1.54, 1.807) is 0 Å². The summed E-state index contributed by atoms with van der Waals surface area (Å²) in [5.74, 6) is -0.185. The molecule has 0 N–H and O–H groups in total. The molecule has 0 aliphatic heterocycles. The lowest BCUT2D eigenvalue weighted by molar-refractivity contribution is -0.384. The first-order chi connectivity index (χ1) is 7.99. The van der Waals surface area contributed by atoms with E-state index in [-0.39, 0.29) is 16.5 Å². The number of hydrogen-bond donors (Lipinski definition) is 0. The molecule has 0 unspecified atom stereocenters. The molecule has 0 atom stereocenters. The molecule has 0 heterocycles. The molecule has 1 aliphatic rings. The molecular formula is C12H10ClNO3. The Morgan fingerprint density at radius 3 is 2.71 bits per heavy atom. The molecule has 5 heteroatoms. The van der Waals surface area contributed by atoms with Crippen molar-refractivity contribution in [2.45, 2.75) is 19.8 Å². The number of allylic oxidation sites excluding steroid dienone is 2. The SMILES string of the molecule is CC1=CC(=O)c2cc([N+](=O)[O-])c(Cl)cc2CC1. The number of nitro groups is 1. The lowest BCUT2D eigenvalue weighted by Gasteiger charge is -2.05. The summed E-state index contributed by atoms with van der Waals surface area (Å²) in [4.78, 5) is 22.0. The average Bonchev–Trinajstić information content (AvgIpc) is 2.37. The fourth-order valence-electron chi connectivity index (χ4n) is 1.88. The predicted octanol–water partition coefficient (Wildman–Crippen LogP) is 3.32. The number of ketones is 1. The maximum absolute atomic E-state index is 11.9. The zero-order valence-corrected chi connectivity index (χ0v) is 9.95. The molecule has 1 aliphatic carbocycles. The summed E-state index contributed by atoms with van der Waals surface area (Å²) in [5.41, 5.74) is 1.92. The van der Waals surface area contributed by atoms with E-state index < -0.39 is 4.92 Å². The van der Waals surface area contributed by atoms with Gasteiger partial charge >= 0.3 is 0 Å². The Morgan fingerprint density at radius 1 is 1.35 bits per heavy atom. The van der Waals surface area contributed by atoms with E-state index in [9.17, 15) is 14.9 Å². The summed E-state index contributed by atoms with van der Waals surface area (Å²) in [6, 6.07) is 2.80. The number of carbonyl (C=O) groups excluding carboxylic acids is 1. The molecule has 0 amide bonds. The van der Waals surface area contributed by atoms with Crippen LogP contribution < -0.4 is 0 Å². The first kappa shape index (κ1) is 11.8. The molecule has 0 radical (unpaired) electrons. The molecule has 0 spiro atoms. The van der Waals surface area contributed by atoms with E-state index in [1.807, 2.05) is 6.92 Å². The van der Waals surface area contributed by atoms with Crippen molar-refractivity contribution in [3.8, 4) is 0 Å². The zero-order chi connectivity index (χ0) is 12.6. The van der Waals surface area contributed by atoms with E-state index in [0.29, 0.717) is 12.0 Å². The number of hydrogen-bond acceptors (Lipinski definition) is 3. The van der Waals surface area contributed by atoms with Crippen LogP contribution in [0, 0.1) is 10.1 Å². The van der Waals surface area contributed by atoms with Gasteiger partial charge in [0.2, 0.25) is 0 Å². The van der Waals surface area contributed by atoms with Crippen molar-refractivity contribution in [1.29, 1.82) is 0 Å². The summed E-state index contributed by atoms with van der Waals surface area (Å²) in [6.45, 7) is 1.87. The van der Waals surface area contributed by atoms with Gasteiger partial charge in [0.15, 0.2) is 5.78 Å². The molecule has 0 fully saturated rings. The van der Waals surface area contributed by atoms with Crippen LogP contribution >= 0.6 is 11.6 Å². The van der Waals surface area contributed by atoms with E-state index in [0.717, 1.165) is 17.6 Å². The quantitative estimate of drug-likeness (QED) is 0.568. The third-order valence-corrected chi connectivity index (χ3v) is 3.10. The van der Waals surface area contributed by atoms with Crippen molar-refractivity contribution in [1.82, 2.24) is 0 Å². The molecule has 88 valence electrons. The topological polar surface area (TPSA) is 60.2 Å². The van der Waals surface area contributed by atoms with Crippen molar-refractivity contribution in [2.75, 3.05) is 0 Å². The Kier molecular flexibility index (Phi) is 2.98. The largest absolute Gasteiger partial charge is 0.289 e. The van der Waals surface area contributed by atoms with Crippen LogP contribution in [0.1, 0.15) is 29.3 Å². The van der Waals surface area contributed by atoms with Gasteiger partial charge < -0.3 is 0 Å². The summed E-state index contributed by atoms with van der Waals surface area (Å²) >= 11 is 5.82. The van der Waals surface area contributed by atoms with Gasteiger partial charge in [-0.1, -0.05) is 17.2 Å². The Balaban J connectivity index is 2.60. The Bertz CT molecular complexity index is 549. The minimum atomic E-state index is -0.572. The van der Waals surface area contributed by atoms with Crippen LogP contribution in [-0.4, -0.2) is 10.7 Å². The third-order valence-electron chi connectivity index (χ3n) is 2.80. The first-order valence-electron chi connectivity index (χ1n) is 5.17. The van der Waals surface area contributed by atoms with Gasteiger partial charge in [0.25, 0.3) is 5.69 Å². The lowest BCUT2D eigenvalue weighted by Crippen LogP contribution is -2.01. The van der Waals surface area contributed by atoms with E-state index >= 15 is 0 Å². The van der Waals surface area contributed by atoms with Crippen molar-refractivity contribution in [2.24, 2.45) is 0 Å². The first-order valence-corrected chi connectivity index (χ1v) is 5.55. The number of halogens is 1. The van der Waals surface area contributed by atoms with Crippen LogP contribution in [0.5, 0.6) is 0 Å². The maximum atomic E-state index is 11.9. The fraction of sp³-hybridized carbons (Fsp3) is 0.250. The number of carbonyl (C=O) groups is 1. The van der Waals surface area contributed by atoms with Gasteiger partial charge in [0, 0.05) is 11.6 Å². The maximum Gasteiger partial charge on any atom is 0.288 e. The number of aryl methyl sites for hydroxylation is 1. The minimum Gasteiger partial charge on any atom is -0.289 e. The summed E-state index contributed by atoms with van der Waals surface area (Å²) < 4.78 is 0. The van der Waals surface area contributed by atoms with Gasteiger partial charge in [-0.2, -0.15) is 0 Å². The minimum absolute atomic E-state index is 0.0844. The number of fused-ring (bicyclic) bond motifs is 1. The number of nitrogens with zero attached hydrogens (tertiary/aromatic N) is 1. The van der Waals surface area contributed by atoms with Gasteiger partial charge in [-0.25, -0.2) is 0 Å². The molecule has 0 bridgehead atoms. The molecule has 1 aromatic rings. The molecule has 0 aromatic heterocycles. The van der Waals surface area contributed by atoms with Crippen LogP contribution in [0.4, 0.5) is 5.69 Å². The molecule has 2 rings (SSSR count). The average molecular weight is 252 g/mol. The molecule has 17 heavy (non-hydrogen) atoms. The summed E-state index contributed by atoms with van der Waals surface area (Å²) in [6.07, 6.45) is 2.98. The zero-order valence-electron chi connectivity index (χ0n) is 9.20. The molecule has 4 nitrogen and oxygen atoms in total. The summed E-state index contributed by atoms with van der Waals surface area (Å²) in [7, 11) is 0. The Hall–Kier alpha value is -1.68. The second-order valence-electron chi connectivity index (χ2n) is 4.07. The number of rotatable bonds is 1. The molecule has 1 aromatic carbocycles. The van der Waals surface area contributed by atoms with Gasteiger partial charge in [0.1, 0.15) is 5.02 Å². The fourth-order valence-corrected chi connectivity index (χ4v) is 2.14. The normalized spacial score (nSPS) is 14.9. The molecular weight excluding hydrogens is 242 g/mol. The highest BCUT2D eigenvalue weighted by Gasteiger charge is 2.21. The third kappa shape index (κ3) is 2.22. The molecule has 0 saturated carbocycles. The van der Waals surface area contributed by atoms with Gasteiger partial charge in [-0.3, -0.25) is 14.9 Å². The monoisotopic (exact) mass is 251 g/mol.